The average molecular weight is 392 g/mol. The Labute approximate surface area is 131 Å². The number of hydrogen-bond donors (Lipinski definition) is 1. The number of rotatable bonds is 3. The summed E-state index contributed by atoms with van der Waals surface area (Å²) in [7, 11) is -2.56. The Hall–Kier alpha value is -0.280. The summed E-state index contributed by atoms with van der Waals surface area (Å²) in [5.74, 6) is -1.92. The van der Waals surface area contributed by atoms with Crippen molar-refractivity contribution in [1.82, 2.24) is 9.62 Å². The quantitative estimate of drug-likeness (QED) is 0.803. The highest BCUT2D eigenvalue weighted by Gasteiger charge is 2.32. The van der Waals surface area contributed by atoms with E-state index in [0.717, 1.165) is 16.9 Å². The molecule has 1 aliphatic heterocycles. The van der Waals surface area contributed by atoms with E-state index in [4.69, 9.17) is 0 Å². The van der Waals surface area contributed by atoms with Crippen LogP contribution in [0.1, 0.15) is 6.42 Å². The second-order valence-electron chi connectivity index (χ2n) is 4.36. The van der Waals surface area contributed by atoms with E-state index < -0.39 is 26.6 Å². The molecule has 1 N–H and O–H groups in total. The van der Waals surface area contributed by atoms with Crippen molar-refractivity contribution in [2.45, 2.75) is 17.4 Å². The number of sulfonamides is 1. The zero-order valence-electron chi connectivity index (χ0n) is 10.6. The maximum Gasteiger partial charge on any atom is 0.246 e. The molecule has 20 heavy (non-hydrogen) atoms. The van der Waals surface area contributed by atoms with E-state index in [1.54, 1.807) is 0 Å². The Balaban J connectivity index is 0.00000200. The van der Waals surface area contributed by atoms with Crippen LogP contribution in [0.4, 0.5) is 8.78 Å². The smallest absolute Gasteiger partial charge is 0.246 e. The van der Waals surface area contributed by atoms with E-state index in [2.05, 4.69) is 21.2 Å². The van der Waals surface area contributed by atoms with Crippen LogP contribution in [-0.4, -0.2) is 38.9 Å². The molecular weight excluding hydrogens is 378 g/mol. The molecule has 0 aromatic heterocycles. The molecule has 114 valence electrons. The first-order chi connectivity index (χ1) is 8.84. The lowest BCUT2D eigenvalue weighted by atomic mass is 10.3. The van der Waals surface area contributed by atoms with Gasteiger partial charge in [-0.2, -0.15) is 4.31 Å². The van der Waals surface area contributed by atoms with Crippen molar-refractivity contribution in [3.8, 4) is 0 Å². The van der Waals surface area contributed by atoms with Gasteiger partial charge in [0.2, 0.25) is 10.0 Å². The predicted molar refractivity (Wildman–Crippen MR) is 77.5 cm³/mol. The first-order valence-corrected chi connectivity index (χ1v) is 7.90. The van der Waals surface area contributed by atoms with Gasteiger partial charge in [0.15, 0.2) is 0 Å². The molecule has 1 fully saturated rings. The van der Waals surface area contributed by atoms with E-state index >= 15 is 0 Å². The molecule has 1 atom stereocenters. The summed E-state index contributed by atoms with van der Waals surface area (Å²) in [6.45, 7) is 1.25. The third-order valence-corrected chi connectivity index (χ3v) is 5.71. The molecule has 0 radical (unpaired) electrons. The van der Waals surface area contributed by atoms with Crippen molar-refractivity contribution in [3.05, 3.63) is 28.2 Å². The third-order valence-electron chi connectivity index (χ3n) is 3.18. The van der Waals surface area contributed by atoms with Crippen molar-refractivity contribution in [2.75, 3.05) is 20.1 Å². The fourth-order valence-electron chi connectivity index (χ4n) is 2.00. The number of nitrogens with zero attached hydrogens (tertiary/aromatic N) is 1. The lowest BCUT2D eigenvalue weighted by molar-refractivity contribution is 0.384. The van der Waals surface area contributed by atoms with Crippen LogP contribution in [0, 0.1) is 11.6 Å². The van der Waals surface area contributed by atoms with Crippen molar-refractivity contribution in [1.29, 1.82) is 0 Å². The van der Waals surface area contributed by atoms with Gasteiger partial charge in [0.05, 0.1) is 4.47 Å². The van der Waals surface area contributed by atoms with Crippen LogP contribution < -0.4 is 5.32 Å². The molecule has 1 aromatic carbocycles. The average Bonchev–Trinajstić information content (AvgIpc) is 2.86. The van der Waals surface area contributed by atoms with Crippen LogP contribution in [0.2, 0.25) is 0 Å². The summed E-state index contributed by atoms with van der Waals surface area (Å²) in [6, 6.07) is 1.31. The topological polar surface area (TPSA) is 49.4 Å². The van der Waals surface area contributed by atoms with Gasteiger partial charge in [-0.15, -0.1) is 12.4 Å². The van der Waals surface area contributed by atoms with Crippen molar-refractivity contribution >= 4 is 38.4 Å². The monoisotopic (exact) mass is 390 g/mol. The molecule has 1 unspecified atom stereocenters. The van der Waals surface area contributed by atoms with Gasteiger partial charge < -0.3 is 5.32 Å². The first kappa shape index (κ1) is 17.8. The molecule has 0 saturated carbocycles. The molecular formula is C11H14BrClF2N2O2S. The lowest BCUT2D eigenvalue weighted by Crippen LogP contribution is -2.38. The minimum absolute atomic E-state index is 0. The van der Waals surface area contributed by atoms with Gasteiger partial charge in [-0.05, 0) is 35.0 Å². The van der Waals surface area contributed by atoms with Crippen molar-refractivity contribution < 1.29 is 17.2 Å². The Morgan fingerprint density at radius 2 is 2.00 bits per heavy atom. The molecule has 0 aliphatic carbocycles. The number of benzene rings is 1. The Kier molecular flexibility index (Phi) is 5.91. The van der Waals surface area contributed by atoms with Crippen LogP contribution in [0.15, 0.2) is 21.5 Å². The molecule has 0 bridgehead atoms. The maximum absolute atomic E-state index is 13.7. The normalized spacial score (nSPS) is 19.1. The molecule has 1 aromatic rings. The van der Waals surface area contributed by atoms with Gasteiger partial charge >= 0.3 is 0 Å². The van der Waals surface area contributed by atoms with Crippen LogP contribution in [0.3, 0.4) is 0 Å². The molecule has 0 amide bonds. The number of likely N-dealkylation sites (N-methyl/N-ethyl adjacent to an activating group) is 1. The second-order valence-corrected chi connectivity index (χ2v) is 7.18. The van der Waals surface area contributed by atoms with E-state index in [1.165, 1.54) is 7.05 Å². The first-order valence-electron chi connectivity index (χ1n) is 5.67. The van der Waals surface area contributed by atoms with E-state index in [-0.39, 0.29) is 22.9 Å². The Morgan fingerprint density at radius 3 is 2.55 bits per heavy atom. The summed E-state index contributed by atoms with van der Waals surface area (Å²) >= 11 is 2.87. The lowest BCUT2D eigenvalue weighted by Gasteiger charge is -2.23. The summed E-state index contributed by atoms with van der Waals surface area (Å²) in [6.07, 6.45) is 0.666. The number of halogens is 4. The summed E-state index contributed by atoms with van der Waals surface area (Å²) in [5.41, 5.74) is 0. The molecule has 9 heteroatoms. The molecule has 4 nitrogen and oxygen atoms in total. The Bertz CT molecular complexity index is 594. The number of nitrogens with one attached hydrogen (secondary N) is 1. The van der Waals surface area contributed by atoms with Gasteiger partial charge in [0.25, 0.3) is 0 Å². The molecule has 1 saturated heterocycles. The predicted octanol–water partition coefficient (Wildman–Crippen LogP) is 2.13. The van der Waals surface area contributed by atoms with Gasteiger partial charge in [-0.3, -0.25) is 0 Å². The van der Waals surface area contributed by atoms with Crippen LogP contribution >= 0.6 is 28.3 Å². The van der Waals surface area contributed by atoms with E-state index in [1.807, 2.05) is 0 Å². The zero-order valence-corrected chi connectivity index (χ0v) is 13.8. The molecule has 0 spiro atoms. The SMILES string of the molecule is CN(C1CCNC1)S(=O)(=O)c1cc(Br)c(F)cc1F.Cl. The minimum Gasteiger partial charge on any atom is -0.315 e. The van der Waals surface area contributed by atoms with Crippen LogP contribution in [-0.2, 0) is 10.0 Å². The highest BCUT2D eigenvalue weighted by atomic mass is 79.9. The molecule has 2 rings (SSSR count). The second kappa shape index (κ2) is 6.65. The summed E-state index contributed by atoms with van der Waals surface area (Å²) in [5, 5.41) is 3.04. The molecule has 1 heterocycles. The highest BCUT2D eigenvalue weighted by Crippen LogP contribution is 2.27. The highest BCUT2D eigenvalue weighted by molar-refractivity contribution is 9.10. The maximum atomic E-state index is 13.7. The van der Waals surface area contributed by atoms with Gasteiger partial charge in [-0.1, -0.05) is 0 Å². The van der Waals surface area contributed by atoms with Crippen molar-refractivity contribution in [2.24, 2.45) is 0 Å². The van der Waals surface area contributed by atoms with Gasteiger partial charge in [-0.25, -0.2) is 17.2 Å². The van der Waals surface area contributed by atoms with Gasteiger partial charge in [0.1, 0.15) is 16.5 Å². The number of hydrogen-bond acceptors (Lipinski definition) is 3. The fraction of sp³-hybridized carbons (Fsp3) is 0.455. The zero-order chi connectivity index (χ0) is 14.2. The minimum atomic E-state index is -3.97. The van der Waals surface area contributed by atoms with E-state index in [9.17, 15) is 17.2 Å². The van der Waals surface area contributed by atoms with Crippen LogP contribution in [0.25, 0.3) is 0 Å². The summed E-state index contributed by atoms with van der Waals surface area (Å²) in [4.78, 5) is -0.518. The van der Waals surface area contributed by atoms with Crippen LogP contribution in [0.5, 0.6) is 0 Å². The summed E-state index contributed by atoms with van der Waals surface area (Å²) < 4.78 is 52.5. The largest absolute Gasteiger partial charge is 0.315 e. The van der Waals surface area contributed by atoms with Gasteiger partial charge in [0, 0.05) is 25.7 Å². The standard InChI is InChI=1S/C11H13BrF2N2O2S.ClH/c1-16(7-2-3-15-6-7)19(17,18)11-4-8(12)9(13)5-10(11)14;/h4-5,7,15H,2-3,6H2,1H3;1H. The van der Waals surface area contributed by atoms with Crippen molar-refractivity contribution in [3.63, 3.8) is 0 Å². The Morgan fingerprint density at radius 1 is 1.35 bits per heavy atom. The third kappa shape index (κ3) is 3.30. The molecule has 1 aliphatic rings. The van der Waals surface area contributed by atoms with E-state index in [0.29, 0.717) is 19.0 Å². The fourth-order valence-corrected chi connectivity index (χ4v) is 3.95.